The van der Waals surface area contributed by atoms with Crippen LogP contribution in [-0.4, -0.2) is 15.3 Å². The fraction of sp³-hybridized carbons (Fsp3) is 0.222. The maximum absolute atomic E-state index is 12.3. The van der Waals surface area contributed by atoms with Crippen LogP contribution in [0.5, 0.6) is 0 Å². The third-order valence-corrected chi connectivity index (χ3v) is 3.61. The molecule has 0 bridgehead atoms. The van der Waals surface area contributed by atoms with E-state index in [0.29, 0.717) is 5.69 Å². The Balaban J connectivity index is 1.79. The molecule has 4 heteroatoms. The molecule has 0 unspecified atom stereocenters. The topological polar surface area (TPSA) is 46.4 Å². The lowest BCUT2D eigenvalue weighted by Crippen LogP contribution is -2.13. The van der Waals surface area contributed by atoms with Gasteiger partial charge in [0.2, 0.25) is 0 Å². The average Bonchev–Trinajstić information content (AvgIpc) is 2.91. The number of anilines is 1. The van der Waals surface area contributed by atoms with Crippen LogP contribution in [0.25, 0.3) is 5.65 Å². The van der Waals surface area contributed by atoms with Crippen molar-refractivity contribution in [3.63, 3.8) is 0 Å². The number of carbonyl (C=O) groups excluding carboxylic acids is 1. The van der Waals surface area contributed by atoms with E-state index >= 15 is 0 Å². The molecule has 1 aromatic carbocycles. The molecule has 112 valence electrons. The van der Waals surface area contributed by atoms with Crippen LogP contribution < -0.4 is 5.32 Å². The van der Waals surface area contributed by atoms with Crippen molar-refractivity contribution < 1.29 is 4.79 Å². The molecule has 1 N–H and O–H groups in total. The zero-order chi connectivity index (χ0) is 15.7. The molecule has 0 saturated heterocycles. The minimum atomic E-state index is -0.202. The molecular formula is C18H19N3O. The number of fused-ring (bicyclic) bond motifs is 1. The Morgan fingerprint density at radius 1 is 1.09 bits per heavy atom. The standard InChI is InChI=1S/C18H19N3O/c1-18(2,3)13-7-9-14(10-8-13)19-17(22)15-12-21-11-5-4-6-16(21)20-15/h4-12H,1-3H3,(H,19,22). The van der Waals surface area contributed by atoms with Gasteiger partial charge in [-0.2, -0.15) is 0 Å². The lowest BCUT2D eigenvalue weighted by molar-refractivity contribution is 0.102. The second-order valence-electron chi connectivity index (χ2n) is 6.37. The Labute approximate surface area is 129 Å². The minimum Gasteiger partial charge on any atom is -0.321 e. The number of aromatic nitrogens is 2. The molecule has 2 aromatic heterocycles. The summed E-state index contributed by atoms with van der Waals surface area (Å²) in [7, 11) is 0. The van der Waals surface area contributed by atoms with Gasteiger partial charge in [-0.1, -0.05) is 39.0 Å². The molecule has 0 aliphatic rings. The predicted molar refractivity (Wildman–Crippen MR) is 88.3 cm³/mol. The van der Waals surface area contributed by atoms with E-state index in [1.807, 2.05) is 53.1 Å². The maximum atomic E-state index is 12.3. The van der Waals surface area contributed by atoms with E-state index in [4.69, 9.17) is 0 Å². The number of hydrogen-bond acceptors (Lipinski definition) is 2. The monoisotopic (exact) mass is 293 g/mol. The Morgan fingerprint density at radius 2 is 1.82 bits per heavy atom. The highest BCUT2D eigenvalue weighted by Crippen LogP contribution is 2.23. The first-order valence-electron chi connectivity index (χ1n) is 7.29. The van der Waals surface area contributed by atoms with E-state index in [1.54, 1.807) is 6.20 Å². The van der Waals surface area contributed by atoms with E-state index in [2.05, 4.69) is 31.1 Å². The van der Waals surface area contributed by atoms with Crippen molar-refractivity contribution in [3.05, 3.63) is 66.1 Å². The van der Waals surface area contributed by atoms with Gasteiger partial charge in [0.15, 0.2) is 0 Å². The molecule has 4 nitrogen and oxygen atoms in total. The Morgan fingerprint density at radius 3 is 2.45 bits per heavy atom. The van der Waals surface area contributed by atoms with Gasteiger partial charge in [-0.15, -0.1) is 0 Å². The summed E-state index contributed by atoms with van der Waals surface area (Å²) in [5, 5.41) is 2.88. The number of benzene rings is 1. The Kier molecular flexibility index (Phi) is 3.45. The highest BCUT2D eigenvalue weighted by atomic mass is 16.1. The van der Waals surface area contributed by atoms with Crippen molar-refractivity contribution >= 4 is 17.2 Å². The number of rotatable bonds is 2. The average molecular weight is 293 g/mol. The molecule has 3 rings (SSSR count). The summed E-state index contributed by atoms with van der Waals surface area (Å²) < 4.78 is 1.83. The Hall–Kier alpha value is -2.62. The third kappa shape index (κ3) is 2.86. The fourth-order valence-electron chi connectivity index (χ4n) is 2.29. The van der Waals surface area contributed by atoms with E-state index in [1.165, 1.54) is 5.56 Å². The number of nitrogens with one attached hydrogen (secondary N) is 1. The second-order valence-corrected chi connectivity index (χ2v) is 6.37. The summed E-state index contributed by atoms with van der Waals surface area (Å²) in [5.74, 6) is -0.202. The van der Waals surface area contributed by atoms with Crippen molar-refractivity contribution in [1.82, 2.24) is 9.38 Å². The van der Waals surface area contributed by atoms with Crippen LogP contribution in [0.4, 0.5) is 5.69 Å². The summed E-state index contributed by atoms with van der Waals surface area (Å²) in [6.07, 6.45) is 3.60. The number of hydrogen-bond donors (Lipinski definition) is 1. The second kappa shape index (κ2) is 5.30. The van der Waals surface area contributed by atoms with Crippen LogP contribution in [0, 0.1) is 0 Å². The number of nitrogens with zero attached hydrogens (tertiary/aromatic N) is 2. The van der Waals surface area contributed by atoms with Crippen LogP contribution in [0.15, 0.2) is 54.9 Å². The van der Waals surface area contributed by atoms with Gasteiger partial charge in [0.05, 0.1) is 0 Å². The van der Waals surface area contributed by atoms with E-state index in [9.17, 15) is 4.79 Å². The summed E-state index contributed by atoms with van der Waals surface area (Å²) in [5.41, 5.74) is 3.28. The first kappa shape index (κ1) is 14.3. The summed E-state index contributed by atoms with van der Waals surface area (Å²) in [6.45, 7) is 6.49. The quantitative estimate of drug-likeness (QED) is 0.779. The van der Waals surface area contributed by atoms with Crippen molar-refractivity contribution in [1.29, 1.82) is 0 Å². The van der Waals surface area contributed by atoms with Gasteiger partial charge in [-0.05, 0) is 35.2 Å². The molecule has 0 radical (unpaired) electrons. The van der Waals surface area contributed by atoms with E-state index in [-0.39, 0.29) is 11.3 Å². The zero-order valence-corrected chi connectivity index (χ0v) is 13.0. The lowest BCUT2D eigenvalue weighted by atomic mass is 9.87. The molecule has 0 spiro atoms. The van der Waals surface area contributed by atoms with Crippen LogP contribution in [0.3, 0.4) is 0 Å². The molecule has 3 aromatic rings. The summed E-state index contributed by atoms with van der Waals surface area (Å²) in [4.78, 5) is 16.6. The van der Waals surface area contributed by atoms with E-state index < -0.39 is 0 Å². The normalized spacial score (nSPS) is 11.6. The molecule has 0 atom stereocenters. The van der Waals surface area contributed by atoms with Crippen LogP contribution >= 0.6 is 0 Å². The molecular weight excluding hydrogens is 274 g/mol. The van der Waals surface area contributed by atoms with Gasteiger partial charge in [0.1, 0.15) is 11.3 Å². The number of pyridine rings is 1. The lowest BCUT2D eigenvalue weighted by Gasteiger charge is -2.19. The van der Waals surface area contributed by atoms with E-state index in [0.717, 1.165) is 11.3 Å². The van der Waals surface area contributed by atoms with Crippen molar-refractivity contribution in [2.24, 2.45) is 0 Å². The highest BCUT2D eigenvalue weighted by molar-refractivity contribution is 6.03. The van der Waals surface area contributed by atoms with Crippen molar-refractivity contribution in [3.8, 4) is 0 Å². The molecule has 22 heavy (non-hydrogen) atoms. The first-order valence-corrected chi connectivity index (χ1v) is 7.29. The number of amides is 1. The third-order valence-electron chi connectivity index (χ3n) is 3.61. The molecule has 0 fully saturated rings. The molecule has 2 heterocycles. The number of imidazole rings is 1. The number of carbonyl (C=O) groups is 1. The Bertz CT molecular complexity index is 777. The van der Waals surface area contributed by atoms with Crippen molar-refractivity contribution in [2.45, 2.75) is 26.2 Å². The summed E-state index contributed by atoms with van der Waals surface area (Å²) >= 11 is 0. The zero-order valence-electron chi connectivity index (χ0n) is 13.0. The van der Waals surface area contributed by atoms with Gasteiger partial charge in [-0.3, -0.25) is 4.79 Å². The molecule has 0 aliphatic heterocycles. The van der Waals surface area contributed by atoms with Crippen LogP contribution in [0.1, 0.15) is 36.8 Å². The van der Waals surface area contributed by atoms with Gasteiger partial charge < -0.3 is 9.72 Å². The van der Waals surface area contributed by atoms with Crippen LogP contribution in [-0.2, 0) is 5.41 Å². The fourth-order valence-corrected chi connectivity index (χ4v) is 2.29. The minimum absolute atomic E-state index is 0.101. The van der Waals surface area contributed by atoms with Gasteiger partial charge >= 0.3 is 0 Å². The largest absolute Gasteiger partial charge is 0.321 e. The first-order chi connectivity index (χ1) is 10.4. The molecule has 0 aliphatic carbocycles. The van der Waals surface area contributed by atoms with Crippen LogP contribution in [0.2, 0.25) is 0 Å². The van der Waals surface area contributed by atoms with Crippen molar-refractivity contribution in [2.75, 3.05) is 5.32 Å². The maximum Gasteiger partial charge on any atom is 0.275 e. The SMILES string of the molecule is CC(C)(C)c1ccc(NC(=O)c2cn3ccccc3n2)cc1. The van der Waals surface area contributed by atoms with Gasteiger partial charge in [0.25, 0.3) is 5.91 Å². The van der Waals surface area contributed by atoms with Gasteiger partial charge in [-0.25, -0.2) is 4.98 Å². The molecule has 1 amide bonds. The predicted octanol–water partition coefficient (Wildman–Crippen LogP) is 3.88. The molecule has 0 saturated carbocycles. The smallest absolute Gasteiger partial charge is 0.275 e. The summed E-state index contributed by atoms with van der Waals surface area (Å²) in [6, 6.07) is 13.6. The van der Waals surface area contributed by atoms with Gasteiger partial charge in [0, 0.05) is 18.1 Å². The highest BCUT2D eigenvalue weighted by Gasteiger charge is 2.14.